The molecule has 0 aliphatic carbocycles. The van der Waals surface area contributed by atoms with Crippen LogP contribution in [0.3, 0.4) is 0 Å². The quantitative estimate of drug-likeness (QED) is 0.878. The molecule has 2 N–H and O–H groups in total. The van der Waals surface area contributed by atoms with Gasteiger partial charge in [-0.25, -0.2) is 0 Å². The number of rotatable bonds is 2. The number of amides is 1. The Bertz CT molecular complexity index is 708. The van der Waals surface area contributed by atoms with Crippen molar-refractivity contribution in [2.75, 3.05) is 11.4 Å². The van der Waals surface area contributed by atoms with Crippen molar-refractivity contribution in [3.63, 3.8) is 0 Å². The lowest BCUT2D eigenvalue weighted by atomic mass is 9.92. The topological polar surface area (TPSA) is 86.3 Å². The number of benzene rings is 1. The summed E-state index contributed by atoms with van der Waals surface area (Å²) in [6.07, 6.45) is 0.439. The van der Waals surface area contributed by atoms with Crippen LogP contribution in [0.5, 0.6) is 0 Å². The molecule has 1 aliphatic rings. The second-order valence-electron chi connectivity index (χ2n) is 5.22. The number of aryl methyl sites for hydroxylation is 1. The van der Waals surface area contributed by atoms with Gasteiger partial charge in [0, 0.05) is 17.9 Å². The van der Waals surface area contributed by atoms with Gasteiger partial charge in [-0.05, 0) is 31.0 Å². The zero-order chi connectivity index (χ0) is 15.0. The van der Waals surface area contributed by atoms with Crippen LogP contribution in [-0.2, 0) is 11.2 Å². The Labute approximate surface area is 121 Å². The predicted molar refractivity (Wildman–Crippen MR) is 76.3 cm³/mol. The highest BCUT2D eigenvalue weighted by Gasteiger charge is 2.33. The molecule has 2 aromatic rings. The molecule has 1 aromatic carbocycles. The van der Waals surface area contributed by atoms with E-state index in [9.17, 15) is 14.7 Å². The molecule has 6 heteroatoms. The van der Waals surface area contributed by atoms with E-state index in [0.29, 0.717) is 12.1 Å². The van der Waals surface area contributed by atoms with Gasteiger partial charge in [-0.2, -0.15) is 5.10 Å². The monoisotopic (exact) mass is 285 g/mol. The summed E-state index contributed by atoms with van der Waals surface area (Å²) in [5.74, 6) is -1.76. The molecular weight excluding hydrogens is 270 g/mol. The van der Waals surface area contributed by atoms with E-state index in [1.165, 1.54) is 4.90 Å². The number of carbonyl (C=O) groups is 2. The summed E-state index contributed by atoms with van der Waals surface area (Å²) in [6, 6.07) is 9.06. The van der Waals surface area contributed by atoms with E-state index < -0.39 is 11.9 Å². The maximum absolute atomic E-state index is 12.6. The first kappa shape index (κ1) is 13.4. The highest BCUT2D eigenvalue weighted by atomic mass is 16.4. The van der Waals surface area contributed by atoms with Crippen LogP contribution in [-0.4, -0.2) is 33.7 Å². The van der Waals surface area contributed by atoms with Gasteiger partial charge in [0.05, 0.1) is 5.92 Å². The predicted octanol–water partition coefficient (Wildman–Crippen LogP) is 1.62. The molecule has 0 saturated carbocycles. The lowest BCUT2D eigenvalue weighted by molar-refractivity contribution is -0.141. The fourth-order valence-electron chi connectivity index (χ4n) is 2.62. The van der Waals surface area contributed by atoms with Crippen molar-refractivity contribution < 1.29 is 14.7 Å². The number of anilines is 1. The van der Waals surface area contributed by atoms with Crippen LogP contribution in [0.25, 0.3) is 0 Å². The number of H-pyrrole nitrogens is 1. The van der Waals surface area contributed by atoms with Crippen LogP contribution in [0.1, 0.15) is 21.7 Å². The first-order valence-corrected chi connectivity index (χ1v) is 6.71. The maximum atomic E-state index is 12.6. The molecule has 1 atom stereocenters. The van der Waals surface area contributed by atoms with Crippen LogP contribution in [0, 0.1) is 12.8 Å². The third-order valence-corrected chi connectivity index (χ3v) is 3.67. The molecule has 0 fully saturated rings. The molecule has 1 aliphatic heterocycles. The second-order valence-corrected chi connectivity index (χ2v) is 5.22. The summed E-state index contributed by atoms with van der Waals surface area (Å²) < 4.78 is 0. The van der Waals surface area contributed by atoms with Gasteiger partial charge in [-0.1, -0.05) is 18.2 Å². The fraction of sp³-hybridized carbons (Fsp3) is 0.267. The van der Waals surface area contributed by atoms with Gasteiger partial charge in [0.25, 0.3) is 5.91 Å². The zero-order valence-corrected chi connectivity index (χ0v) is 11.5. The lowest BCUT2D eigenvalue weighted by Crippen LogP contribution is -2.42. The van der Waals surface area contributed by atoms with Gasteiger partial charge in [0.2, 0.25) is 0 Å². The molecular formula is C15H15N3O3. The third kappa shape index (κ3) is 2.40. The van der Waals surface area contributed by atoms with Crippen molar-refractivity contribution in [1.82, 2.24) is 10.2 Å². The van der Waals surface area contributed by atoms with E-state index in [1.54, 1.807) is 6.07 Å². The lowest BCUT2D eigenvalue weighted by Gasteiger charge is -2.32. The highest BCUT2D eigenvalue weighted by molar-refractivity contribution is 6.06. The van der Waals surface area contributed by atoms with Crippen LogP contribution in [0.2, 0.25) is 0 Å². The smallest absolute Gasteiger partial charge is 0.308 e. The minimum Gasteiger partial charge on any atom is -0.481 e. The molecule has 3 rings (SSSR count). The number of carboxylic acids is 1. The van der Waals surface area contributed by atoms with Crippen molar-refractivity contribution in [2.24, 2.45) is 5.92 Å². The number of fused-ring (bicyclic) bond motifs is 1. The Morgan fingerprint density at radius 3 is 2.81 bits per heavy atom. The van der Waals surface area contributed by atoms with E-state index in [2.05, 4.69) is 10.2 Å². The summed E-state index contributed by atoms with van der Waals surface area (Å²) in [5, 5.41) is 16.0. The SMILES string of the molecule is Cc1cc(C(=O)N2CC(C(=O)O)Cc3ccccc32)n[nH]1. The van der Waals surface area contributed by atoms with Gasteiger partial charge in [0.15, 0.2) is 5.69 Å². The number of hydrogen-bond donors (Lipinski definition) is 2. The molecule has 0 bridgehead atoms. The Morgan fingerprint density at radius 1 is 1.38 bits per heavy atom. The molecule has 0 radical (unpaired) electrons. The van der Waals surface area contributed by atoms with Gasteiger partial charge < -0.3 is 10.0 Å². The number of carboxylic acid groups (broad SMARTS) is 1. The van der Waals surface area contributed by atoms with Gasteiger partial charge in [-0.15, -0.1) is 0 Å². The number of aromatic nitrogens is 2. The fourth-order valence-corrected chi connectivity index (χ4v) is 2.62. The summed E-state index contributed by atoms with van der Waals surface area (Å²) in [7, 11) is 0. The van der Waals surface area contributed by atoms with Crippen LogP contribution < -0.4 is 4.90 Å². The average molecular weight is 285 g/mol. The molecule has 108 valence electrons. The number of carbonyl (C=O) groups excluding carboxylic acids is 1. The summed E-state index contributed by atoms with van der Waals surface area (Å²) in [6.45, 7) is 1.98. The van der Waals surface area contributed by atoms with Crippen LogP contribution in [0.4, 0.5) is 5.69 Å². The number of aliphatic carboxylic acids is 1. The highest BCUT2D eigenvalue weighted by Crippen LogP contribution is 2.30. The van der Waals surface area contributed by atoms with E-state index in [1.807, 2.05) is 31.2 Å². The normalized spacial score (nSPS) is 17.4. The van der Waals surface area contributed by atoms with E-state index in [4.69, 9.17) is 0 Å². The summed E-state index contributed by atoms with van der Waals surface area (Å²) in [5.41, 5.74) is 2.73. The van der Waals surface area contributed by atoms with Crippen molar-refractivity contribution in [3.8, 4) is 0 Å². The molecule has 2 heterocycles. The summed E-state index contributed by atoms with van der Waals surface area (Å²) >= 11 is 0. The summed E-state index contributed by atoms with van der Waals surface area (Å²) in [4.78, 5) is 25.4. The number of aromatic amines is 1. The largest absolute Gasteiger partial charge is 0.481 e. The Hall–Kier alpha value is -2.63. The van der Waals surface area contributed by atoms with E-state index in [-0.39, 0.29) is 12.5 Å². The van der Waals surface area contributed by atoms with Crippen LogP contribution in [0.15, 0.2) is 30.3 Å². The number of nitrogens with zero attached hydrogens (tertiary/aromatic N) is 2. The van der Waals surface area contributed by atoms with Gasteiger partial charge in [0.1, 0.15) is 0 Å². The molecule has 1 aromatic heterocycles. The Balaban J connectivity index is 2.00. The third-order valence-electron chi connectivity index (χ3n) is 3.67. The number of nitrogens with one attached hydrogen (secondary N) is 1. The molecule has 1 unspecified atom stereocenters. The number of hydrogen-bond acceptors (Lipinski definition) is 3. The Kier molecular flexibility index (Phi) is 3.21. The van der Waals surface area contributed by atoms with E-state index in [0.717, 1.165) is 16.9 Å². The minimum absolute atomic E-state index is 0.164. The first-order valence-electron chi connectivity index (χ1n) is 6.71. The average Bonchev–Trinajstić information content (AvgIpc) is 2.92. The van der Waals surface area contributed by atoms with Crippen molar-refractivity contribution in [1.29, 1.82) is 0 Å². The second kappa shape index (κ2) is 5.05. The first-order chi connectivity index (χ1) is 10.1. The van der Waals surface area contributed by atoms with Crippen molar-refractivity contribution >= 4 is 17.6 Å². The van der Waals surface area contributed by atoms with E-state index >= 15 is 0 Å². The molecule has 21 heavy (non-hydrogen) atoms. The standard InChI is InChI=1S/C15H15N3O3/c1-9-6-12(17-16-9)14(19)18-8-11(15(20)21)7-10-4-2-3-5-13(10)18/h2-6,11H,7-8H2,1H3,(H,16,17)(H,20,21). The van der Waals surface area contributed by atoms with Crippen molar-refractivity contribution in [3.05, 3.63) is 47.3 Å². The molecule has 0 spiro atoms. The van der Waals surface area contributed by atoms with Gasteiger partial charge in [-0.3, -0.25) is 14.7 Å². The maximum Gasteiger partial charge on any atom is 0.308 e. The van der Waals surface area contributed by atoms with Crippen LogP contribution >= 0.6 is 0 Å². The van der Waals surface area contributed by atoms with Crippen molar-refractivity contribution in [2.45, 2.75) is 13.3 Å². The zero-order valence-electron chi connectivity index (χ0n) is 11.5. The Morgan fingerprint density at radius 2 is 2.14 bits per heavy atom. The number of para-hydroxylation sites is 1. The van der Waals surface area contributed by atoms with Gasteiger partial charge >= 0.3 is 5.97 Å². The molecule has 0 saturated heterocycles. The minimum atomic E-state index is -0.888. The molecule has 6 nitrogen and oxygen atoms in total. The molecule has 1 amide bonds.